The Morgan fingerprint density at radius 3 is 2.47 bits per heavy atom. The molecule has 0 atom stereocenters. The Hall–Kier alpha value is -1.46. The van der Waals surface area contributed by atoms with Crippen molar-refractivity contribution in [2.75, 3.05) is 5.32 Å². The van der Waals surface area contributed by atoms with Crippen LogP contribution in [0.15, 0.2) is 57.9 Å². The summed E-state index contributed by atoms with van der Waals surface area (Å²) in [4.78, 5) is 8.18. The Balaban J connectivity index is 2.12. The van der Waals surface area contributed by atoms with Crippen LogP contribution in [0.5, 0.6) is 0 Å². The van der Waals surface area contributed by atoms with Crippen LogP contribution in [0.1, 0.15) is 0 Å². The maximum Gasteiger partial charge on any atom is 0.148 e. The van der Waals surface area contributed by atoms with Crippen LogP contribution in [-0.2, 0) is 0 Å². The second kappa shape index (κ2) is 5.27. The van der Waals surface area contributed by atoms with Crippen molar-refractivity contribution in [2.24, 2.45) is 0 Å². The van der Waals surface area contributed by atoms with E-state index in [1.807, 2.05) is 24.3 Å². The second-order valence-electron chi connectivity index (χ2n) is 3.98. The number of rotatable bonds is 2. The molecular weight excluding hydrogens is 370 g/mol. The highest BCUT2D eigenvalue weighted by Crippen LogP contribution is 2.32. The third-order valence-electron chi connectivity index (χ3n) is 2.79. The van der Waals surface area contributed by atoms with E-state index in [0.717, 1.165) is 31.2 Å². The molecule has 0 fully saturated rings. The van der Waals surface area contributed by atoms with Gasteiger partial charge in [-0.1, -0.05) is 40.2 Å². The summed E-state index contributed by atoms with van der Waals surface area (Å²) in [6.45, 7) is 0. The van der Waals surface area contributed by atoms with Crippen molar-refractivity contribution >= 4 is 54.1 Å². The average Bonchev–Trinajstić information content (AvgIpc) is 2.44. The second-order valence-corrected chi connectivity index (χ2v) is 5.69. The van der Waals surface area contributed by atoms with E-state index in [1.165, 1.54) is 6.33 Å². The molecule has 0 amide bonds. The van der Waals surface area contributed by atoms with Crippen molar-refractivity contribution < 1.29 is 0 Å². The first kappa shape index (κ1) is 12.6. The Kier molecular flexibility index (Phi) is 3.48. The summed E-state index contributed by atoms with van der Waals surface area (Å²) in [6, 6.07) is 12.3. The third kappa shape index (κ3) is 2.48. The first-order chi connectivity index (χ1) is 9.25. The molecule has 0 saturated heterocycles. The summed E-state index contributed by atoms with van der Waals surface area (Å²) < 4.78 is 1.91. The molecule has 3 rings (SSSR count). The van der Waals surface area contributed by atoms with E-state index in [9.17, 15) is 0 Å². The molecule has 0 aliphatic heterocycles. The van der Waals surface area contributed by atoms with Gasteiger partial charge in [0.05, 0.1) is 4.47 Å². The van der Waals surface area contributed by atoms with Gasteiger partial charge in [0.1, 0.15) is 12.1 Å². The molecule has 0 spiro atoms. The molecule has 0 aliphatic carbocycles. The van der Waals surface area contributed by atoms with E-state index >= 15 is 0 Å². The minimum Gasteiger partial charge on any atom is -0.339 e. The Morgan fingerprint density at radius 1 is 0.895 bits per heavy atom. The molecule has 0 aliphatic rings. The lowest BCUT2D eigenvalue weighted by Crippen LogP contribution is -1.96. The van der Waals surface area contributed by atoms with Crippen molar-refractivity contribution in [3.8, 4) is 0 Å². The van der Waals surface area contributed by atoms with E-state index in [2.05, 4.69) is 59.3 Å². The minimum absolute atomic E-state index is 0.752. The normalized spacial score (nSPS) is 10.6. The topological polar surface area (TPSA) is 37.8 Å². The summed E-state index contributed by atoms with van der Waals surface area (Å²) >= 11 is 7.00. The van der Waals surface area contributed by atoms with Gasteiger partial charge in [-0.25, -0.2) is 9.97 Å². The number of halogens is 2. The van der Waals surface area contributed by atoms with E-state index in [0.29, 0.717) is 0 Å². The van der Waals surface area contributed by atoms with Gasteiger partial charge in [0.25, 0.3) is 0 Å². The quantitative estimate of drug-likeness (QED) is 0.689. The van der Waals surface area contributed by atoms with Gasteiger partial charge in [-0.05, 0) is 33.4 Å². The van der Waals surface area contributed by atoms with Crippen LogP contribution < -0.4 is 5.32 Å². The summed E-state index contributed by atoms with van der Waals surface area (Å²) in [7, 11) is 0. The number of anilines is 2. The van der Waals surface area contributed by atoms with Crippen molar-refractivity contribution in [2.45, 2.75) is 0 Å². The van der Waals surface area contributed by atoms with Gasteiger partial charge in [0, 0.05) is 21.7 Å². The highest BCUT2D eigenvalue weighted by molar-refractivity contribution is 9.11. The summed E-state index contributed by atoms with van der Waals surface area (Å²) in [6.07, 6.45) is 3.24. The first-order valence-corrected chi connectivity index (χ1v) is 7.24. The van der Waals surface area contributed by atoms with Gasteiger partial charge in [-0.3, -0.25) is 0 Å². The Morgan fingerprint density at radius 2 is 1.68 bits per heavy atom. The van der Waals surface area contributed by atoms with Crippen LogP contribution in [-0.4, -0.2) is 9.97 Å². The summed E-state index contributed by atoms with van der Waals surface area (Å²) in [5, 5.41) is 5.63. The van der Waals surface area contributed by atoms with Gasteiger partial charge in [-0.2, -0.15) is 0 Å². The zero-order valence-corrected chi connectivity index (χ0v) is 12.9. The maximum atomic E-state index is 4.22. The van der Waals surface area contributed by atoms with Gasteiger partial charge >= 0.3 is 0 Å². The molecule has 1 N–H and O–H groups in total. The molecule has 2 aromatic carbocycles. The summed E-state index contributed by atoms with van der Waals surface area (Å²) in [5.74, 6) is 0.752. The largest absolute Gasteiger partial charge is 0.339 e. The molecule has 94 valence electrons. The number of hydrogen-bond acceptors (Lipinski definition) is 3. The van der Waals surface area contributed by atoms with Crippen LogP contribution in [0.25, 0.3) is 10.8 Å². The molecule has 5 heteroatoms. The van der Waals surface area contributed by atoms with Crippen LogP contribution in [0.2, 0.25) is 0 Å². The molecular formula is C14H9Br2N3. The molecule has 1 heterocycles. The highest BCUT2D eigenvalue weighted by atomic mass is 79.9. The van der Waals surface area contributed by atoms with Crippen molar-refractivity contribution in [1.82, 2.24) is 9.97 Å². The molecule has 0 saturated carbocycles. The molecule has 1 aromatic heterocycles. The van der Waals surface area contributed by atoms with Gasteiger partial charge in [0.15, 0.2) is 0 Å². The minimum atomic E-state index is 0.752. The molecule has 0 bridgehead atoms. The smallest absolute Gasteiger partial charge is 0.148 e. The van der Waals surface area contributed by atoms with Gasteiger partial charge < -0.3 is 5.32 Å². The fourth-order valence-corrected chi connectivity index (χ4v) is 2.70. The first-order valence-electron chi connectivity index (χ1n) is 5.65. The van der Waals surface area contributed by atoms with Gasteiger partial charge in [0.2, 0.25) is 0 Å². The predicted molar refractivity (Wildman–Crippen MR) is 84.7 cm³/mol. The van der Waals surface area contributed by atoms with E-state index in [1.54, 1.807) is 6.20 Å². The number of hydrogen-bond donors (Lipinski definition) is 1. The monoisotopic (exact) mass is 377 g/mol. The molecule has 0 radical (unpaired) electrons. The molecule has 0 unspecified atom stereocenters. The molecule has 19 heavy (non-hydrogen) atoms. The maximum absolute atomic E-state index is 4.22. The standard InChI is InChI=1S/C14H9Br2N3/c15-11-5-6-13(10-4-2-1-3-9(10)11)19-14-12(16)7-17-8-18-14/h1-8H,(H,17,18,19). The van der Waals surface area contributed by atoms with Crippen molar-refractivity contribution in [3.63, 3.8) is 0 Å². The van der Waals surface area contributed by atoms with Crippen molar-refractivity contribution in [3.05, 3.63) is 57.9 Å². The molecule has 3 aromatic rings. The Labute approximate surface area is 127 Å². The fraction of sp³-hybridized carbons (Fsp3) is 0. The van der Waals surface area contributed by atoms with Crippen LogP contribution in [0.4, 0.5) is 11.5 Å². The fourth-order valence-electron chi connectivity index (χ4n) is 1.90. The van der Waals surface area contributed by atoms with E-state index < -0.39 is 0 Å². The lowest BCUT2D eigenvalue weighted by atomic mass is 10.1. The zero-order chi connectivity index (χ0) is 13.2. The van der Waals surface area contributed by atoms with E-state index in [-0.39, 0.29) is 0 Å². The van der Waals surface area contributed by atoms with Crippen LogP contribution in [0.3, 0.4) is 0 Å². The SMILES string of the molecule is Brc1cncnc1Nc1ccc(Br)c2ccccc12. The number of nitrogens with zero attached hydrogens (tertiary/aromatic N) is 2. The predicted octanol–water partition coefficient (Wildman–Crippen LogP) is 4.90. The number of nitrogens with one attached hydrogen (secondary N) is 1. The van der Waals surface area contributed by atoms with Crippen LogP contribution in [0, 0.1) is 0 Å². The number of benzene rings is 2. The Bertz CT molecular complexity index is 744. The molecule has 3 nitrogen and oxygen atoms in total. The van der Waals surface area contributed by atoms with E-state index in [4.69, 9.17) is 0 Å². The average molecular weight is 379 g/mol. The van der Waals surface area contributed by atoms with Crippen LogP contribution >= 0.6 is 31.9 Å². The zero-order valence-electron chi connectivity index (χ0n) is 9.77. The number of fused-ring (bicyclic) bond motifs is 1. The third-order valence-corrected chi connectivity index (χ3v) is 4.06. The van der Waals surface area contributed by atoms with Crippen molar-refractivity contribution in [1.29, 1.82) is 0 Å². The highest BCUT2D eigenvalue weighted by Gasteiger charge is 2.06. The lowest BCUT2D eigenvalue weighted by Gasteiger charge is -2.11. The van der Waals surface area contributed by atoms with Gasteiger partial charge in [-0.15, -0.1) is 0 Å². The number of aromatic nitrogens is 2. The lowest BCUT2D eigenvalue weighted by molar-refractivity contribution is 1.15. The summed E-state index contributed by atoms with van der Waals surface area (Å²) in [5.41, 5.74) is 1.01.